The minimum absolute atomic E-state index is 0.00605. The third-order valence-corrected chi connectivity index (χ3v) is 5.12. The van der Waals surface area contributed by atoms with Crippen LogP contribution in [0.3, 0.4) is 0 Å². The van der Waals surface area contributed by atoms with Gasteiger partial charge in [-0.3, -0.25) is 9.59 Å². The van der Waals surface area contributed by atoms with Crippen molar-refractivity contribution >= 4 is 17.5 Å². The van der Waals surface area contributed by atoms with E-state index in [9.17, 15) is 14.7 Å². The molecule has 0 fully saturated rings. The molecule has 1 aliphatic carbocycles. The second-order valence-corrected chi connectivity index (χ2v) is 6.69. The number of aromatic nitrogens is 2. The smallest absolute Gasteiger partial charge is 0.254 e. The normalized spacial score (nSPS) is 18.2. The molecule has 0 spiro atoms. The van der Waals surface area contributed by atoms with E-state index in [4.69, 9.17) is 15.2 Å². The fraction of sp³-hybridized carbons (Fsp3) is 0.316. The van der Waals surface area contributed by atoms with Crippen molar-refractivity contribution < 1.29 is 24.2 Å². The average Bonchev–Trinajstić information content (AvgIpc) is 3.10. The van der Waals surface area contributed by atoms with Crippen LogP contribution in [0.5, 0.6) is 17.2 Å². The van der Waals surface area contributed by atoms with Crippen molar-refractivity contribution in [2.75, 3.05) is 19.5 Å². The summed E-state index contributed by atoms with van der Waals surface area (Å²) < 4.78 is 12.1. The fourth-order valence-electron chi connectivity index (χ4n) is 3.82. The highest BCUT2D eigenvalue weighted by Gasteiger charge is 2.38. The summed E-state index contributed by atoms with van der Waals surface area (Å²) in [4.78, 5) is 24.6. The lowest BCUT2D eigenvalue weighted by Crippen LogP contribution is -2.32. The highest BCUT2D eigenvalue weighted by atomic mass is 16.5. The number of allylic oxidation sites excluding steroid dienone is 2. The zero-order valence-electron chi connectivity index (χ0n) is 15.5. The average molecular weight is 384 g/mol. The van der Waals surface area contributed by atoms with E-state index in [-0.39, 0.29) is 28.6 Å². The number of nitrogens with one attached hydrogen (secondary N) is 1. The van der Waals surface area contributed by atoms with Gasteiger partial charge in [0.25, 0.3) is 5.91 Å². The van der Waals surface area contributed by atoms with Gasteiger partial charge in [0, 0.05) is 17.7 Å². The van der Waals surface area contributed by atoms with Gasteiger partial charge in [0.05, 0.1) is 20.4 Å². The number of phenols is 1. The molecule has 2 aromatic rings. The number of fused-ring (bicyclic) bond motifs is 1. The number of anilines is 1. The number of carbonyl (C=O) groups excluding carboxylic acids is 2. The Morgan fingerprint density at radius 1 is 1.29 bits per heavy atom. The first-order valence-corrected chi connectivity index (χ1v) is 8.81. The highest BCUT2D eigenvalue weighted by Crippen LogP contribution is 2.45. The van der Waals surface area contributed by atoms with E-state index in [1.807, 2.05) is 0 Å². The molecule has 0 radical (unpaired) electrons. The van der Waals surface area contributed by atoms with Crippen molar-refractivity contribution in [2.24, 2.45) is 5.73 Å². The van der Waals surface area contributed by atoms with Crippen LogP contribution in [0.2, 0.25) is 0 Å². The first kappa shape index (κ1) is 17.9. The van der Waals surface area contributed by atoms with Crippen molar-refractivity contribution in [2.45, 2.75) is 25.3 Å². The Bertz CT molecular complexity index is 998. The van der Waals surface area contributed by atoms with Crippen LogP contribution in [0, 0.1) is 0 Å². The second-order valence-electron chi connectivity index (χ2n) is 6.69. The number of nitrogens with zero attached hydrogens (tertiary/aromatic N) is 2. The van der Waals surface area contributed by atoms with Crippen LogP contribution in [0.4, 0.5) is 5.82 Å². The van der Waals surface area contributed by atoms with E-state index in [1.54, 1.807) is 16.8 Å². The molecule has 0 saturated heterocycles. The molecule has 2 aliphatic rings. The molecule has 1 amide bonds. The zero-order chi connectivity index (χ0) is 20.0. The maximum Gasteiger partial charge on any atom is 0.254 e. The van der Waals surface area contributed by atoms with Gasteiger partial charge in [0.15, 0.2) is 17.3 Å². The molecule has 1 aromatic carbocycles. The van der Waals surface area contributed by atoms with Crippen molar-refractivity contribution in [3.05, 3.63) is 40.7 Å². The summed E-state index contributed by atoms with van der Waals surface area (Å²) in [6.45, 7) is 0. The molecule has 0 bridgehead atoms. The van der Waals surface area contributed by atoms with Gasteiger partial charge in [0.2, 0.25) is 5.75 Å². The largest absolute Gasteiger partial charge is 0.502 e. The molecule has 4 N–H and O–H groups in total. The van der Waals surface area contributed by atoms with Crippen LogP contribution in [-0.2, 0) is 4.79 Å². The summed E-state index contributed by atoms with van der Waals surface area (Å²) in [7, 11) is 2.86. The van der Waals surface area contributed by atoms with Crippen LogP contribution in [-0.4, -0.2) is 40.8 Å². The highest BCUT2D eigenvalue weighted by molar-refractivity contribution is 6.02. The maximum atomic E-state index is 12.8. The number of phenolic OH excluding ortho intramolecular Hbond substituents is 1. The Morgan fingerprint density at radius 3 is 2.57 bits per heavy atom. The van der Waals surface area contributed by atoms with Gasteiger partial charge in [-0.2, -0.15) is 5.10 Å². The predicted molar refractivity (Wildman–Crippen MR) is 99.6 cm³/mol. The Kier molecular flexibility index (Phi) is 4.21. The standard InChI is InChI=1S/C19H20N4O5/c1-27-13-6-9(7-14(28-2)17(13)25)16-15-11(4-3-5-12(15)24)22-19-10(18(20)26)8-21-23(16)19/h6-8,16,22,25H,3-5H2,1-2H3,(H2,20,26)/t16-/m0/s1. The van der Waals surface area contributed by atoms with Crippen molar-refractivity contribution in [3.63, 3.8) is 0 Å². The molecular weight excluding hydrogens is 364 g/mol. The Morgan fingerprint density at radius 2 is 1.96 bits per heavy atom. The van der Waals surface area contributed by atoms with Crippen molar-refractivity contribution in [3.8, 4) is 17.2 Å². The topological polar surface area (TPSA) is 129 Å². The molecule has 9 nitrogen and oxygen atoms in total. The first-order chi connectivity index (χ1) is 13.5. The van der Waals surface area contributed by atoms with Gasteiger partial charge in [-0.15, -0.1) is 0 Å². The van der Waals surface area contributed by atoms with Crippen molar-refractivity contribution in [1.29, 1.82) is 0 Å². The van der Waals surface area contributed by atoms with Crippen LogP contribution in [0.1, 0.15) is 41.2 Å². The predicted octanol–water partition coefficient (Wildman–Crippen LogP) is 1.73. The molecule has 9 heteroatoms. The fourth-order valence-corrected chi connectivity index (χ4v) is 3.82. The van der Waals surface area contributed by atoms with Crippen LogP contribution in [0.15, 0.2) is 29.6 Å². The summed E-state index contributed by atoms with van der Waals surface area (Å²) in [5.74, 6) is 0.123. The molecule has 1 aliphatic heterocycles. The lowest BCUT2D eigenvalue weighted by molar-refractivity contribution is -0.116. The summed E-state index contributed by atoms with van der Waals surface area (Å²) in [5, 5.41) is 17.7. The lowest BCUT2D eigenvalue weighted by atomic mass is 9.85. The molecule has 0 saturated carbocycles. The second kappa shape index (κ2) is 6.59. The Labute approximate surface area is 160 Å². The van der Waals surface area contributed by atoms with Crippen LogP contribution in [0.25, 0.3) is 0 Å². The Balaban J connectivity index is 1.97. The number of Topliss-reactive ketones (excluding diaryl/α,β-unsaturated/α-hetero) is 1. The molecule has 0 unspecified atom stereocenters. The molecule has 1 atom stereocenters. The van der Waals surface area contributed by atoms with Gasteiger partial charge < -0.3 is 25.6 Å². The monoisotopic (exact) mass is 384 g/mol. The van der Waals surface area contributed by atoms with E-state index in [2.05, 4.69) is 10.4 Å². The number of rotatable bonds is 4. The van der Waals surface area contributed by atoms with Gasteiger partial charge >= 0.3 is 0 Å². The Hall–Kier alpha value is -3.49. The number of aromatic hydroxyl groups is 1. The number of ketones is 1. The first-order valence-electron chi connectivity index (χ1n) is 8.81. The van der Waals surface area contributed by atoms with Gasteiger partial charge in [-0.05, 0) is 30.5 Å². The third-order valence-electron chi connectivity index (χ3n) is 5.12. The lowest BCUT2D eigenvalue weighted by Gasteiger charge is -2.33. The molecule has 146 valence electrons. The maximum absolute atomic E-state index is 12.8. The summed E-state index contributed by atoms with van der Waals surface area (Å²) in [6, 6.07) is 2.67. The molecule has 28 heavy (non-hydrogen) atoms. The quantitative estimate of drug-likeness (QED) is 0.732. The minimum atomic E-state index is -0.612. The molecular formula is C19H20N4O5. The molecule has 2 heterocycles. The summed E-state index contributed by atoms with van der Waals surface area (Å²) in [6.07, 6.45) is 3.21. The third kappa shape index (κ3) is 2.58. The number of benzene rings is 1. The number of nitrogens with two attached hydrogens (primary N) is 1. The molecule has 4 rings (SSSR count). The number of ether oxygens (including phenoxy) is 2. The number of amides is 1. The van der Waals surface area contributed by atoms with E-state index in [1.165, 1.54) is 20.4 Å². The van der Waals surface area contributed by atoms with E-state index in [0.29, 0.717) is 29.8 Å². The number of hydrogen-bond donors (Lipinski definition) is 3. The van der Waals surface area contributed by atoms with Crippen molar-refractivity contribution in [1.82, 2.24) is 9.78 Å². The summed E-state index contributed by atoms with van der Waals surface area (Å²) in [5.41, 5.74) is 7.69. The van der Waals surface area contributed by atoms with Crippen LogP contribution >= 0.6 is 0 Å². The van der Waals surface area contributed by atoms with E-state index < -0.39 is 11.9 Å². The van der Waals surface area contributed by atoms with Crippen LogP contribution < -0.4 is 20.5 Å². The van der Waals surface area contributed by atoms with Gasteiger partial charge in [0.1, 0.15) is 17.4 Å². The SMILES string of the molecule is COc1cc([C@H]2C3=C(CCCC3=O)Nc3c(C(N)=O)cnn32)cc(OC)c1O. The number of methoxy groups -OCH3 is 2. The van der Waals surface area contributed by atoms with E-state index >= 15 is 0 Å². The van der Waals surface area contributed by atoms with Gasteiger partial charge in [-0.1, -0.05) is 0 Å². The minimum Gasteiger partial charge on any atom is -0.502 e. The summed E-state index contributed by atoms with van der Waals surface area (Å²) >= 11 is 0. The van der Waals surface area contributed by atoms with E-state index in [0.717, 1.165) is 12.1 Å². The number of carbonyl (C=O) groups is 2. The molecule has 1 aromatic heterocycles. The zero-order valence-corrected chi connectivity index (χ0v) is 15.5. The van der Waals surface area contributed by atoms with Gasteiger partial charge in [-0.25, -0.2) is 4.68 Å². The number of primary amides is 1. The number of hydrogen-bond acceptors (Lipinski definition) is 7.